The standard InChI is InChI=1S/C21H25NO3/c1-14(2)25-19-7-5-17(6-8-19)21(23)22-15(3)12-16-4-9-20-18(13-16)10-11-24-20/h4-9,13-15H,10-12H2,1-3H3,(H,22,23). The van der Waals surface area contributed by atoms with Gasteiger partial charge in [0.1, 0.15) is 11.5 Å². The van der Waals surface area contributed by atoms with Gasteiger partial charge in [0.25, 0.3) is 5.91 Å². The molecule has 2 aromatic rings. The average molecular weight is 339 g/mol. The summed E-state index contributed by atoms with van der Waals surface area (Å²) in [6.45, 7) is 6.75. The van der Waals surface area contributed by atoms with Crippen LogP contribution in [0.1, 0.15) is 42.3 Å². The Morgan fingerprint density at radius 3 is 2.64 bits per heavy atom. The Labute approximate surface area is 149 Å². The van der Waals surface area contributed by atoms with Crippen molar-refractivity contribution < 1.29 is 14.3 Å². The summed E-state index contributed by atoms with van der Waals surface area (Å²) in [5.41, 5.74) is 3.12. The Kier molecular flexibility index (Phi) is 5.27. The van der Waals surface area contributed by atoms with Gasteiger partial charge in [-0.05, 0) is 68.7 Å². The van der Waals surface area contributed by atoms with Gasteiger partial charge < -0.3 is 14.8 Å². The molecule has 0 bridgehead atoms. The second kappa shape index (κ2) is 7.60. The van der Waals surface area contributed by atoms with Crippen LogP contribution in [0.25, 0.3) is 0 Å². The molecule has 0 spiro atoms. The number of fused-ring (bicyclic) bond motifs is 1. The molecule has 1 heterocycles. The van der Waals surface area contributed by atoms with Crippen LogP contribution < -0.4 is 14.8 Å². The minimum Gasteiger partial charge on any atom is -0.493 e. The molecule has 2 aromatic carbocycles. The van der Waals surface area contributed by atoms with E-state index in [4.69, 9.17) is 9.47 Å². The lowest BCUT2D eigenvalue weighted by Crippen LogP contribution is -2.34. The van der Waals surface area contributed by atoms with E-state index >= 15 is 0 Å². The number of carbonyl (C=O) groups is 1. The molecule has 1 unspecified atom stereocenters. The molecule has 0 saturated carbocycles. The van der Waals surface area contributed by atoms with Crippen molar-refractivity contribution in [2.45, 2.75) is 45.8 Å². The predicted molar refractivity (Wildman–Crippen MR) is 98.5 cm³/mol. The largest absolute Gasteiger partial charge is 0.493 e. The van der Waals surface area contributed by atoms with Crippen molar-refractivity contribution in [3.63, 3.8) is 0 Å². The van der Waals surface area contributed by atoms with Gasteiger partial charge in [-0.15, -0.1) is 0 Å². The summed E-state index contributed by atoms with van der Waals surface area (Å²) in [7, 11) is 0. The normalized spacial score (nSPS) is 13.9. The van der Waals surface area contributed by atoms with Gasteiger partial charge in [0, 0.05) is 18.0 Å². The molecule has 0 radical (unpaired) electrons. The van der Waals surface area contributed by atoms with Gasteiger partial charge >= 0.3 is 0 Å². The monoisotopic (exact) mass is 339 g/mol. The van der Waals surface area contributed by atoms with E-state index in [0.29, 0.717) is 5.56 Å². The highest BCUT2D eigenvalue weighted by atomic mass is 16.5. The molecule has 132 valence electrons. The van der Waals surface area contributed by atoms with Crippen LogP contribution in [-0.4, -0.2) is 24.7 Å². The van der Waals surface area contributed by atoms with Gasteiger partial charge in [-0.2, -0.15) is 0 Å². The van der Waals surface area contributed by atoms with Crippen LogP contribution in [0.15, 0.2) is 42.5 Å². The first-order chi connectivity index (χ1) is 12.0. The smallest absolute Gasteiger partial charge is 0.251 e. The third kappa shape index (κ3) is 4.53. The molecule has 4 nitrogen and oxygen atoms in total. The van der Waals surface area contributed by atoms with Crippen molar-refractivity contribution in [3.05, 3.63) is 59.2 Å². The SMILES string of the molecule is CC(Cc1ccc2c(c1)CCO2)NC(=O)c1ccc(OC(C)C)cc1. The molecular weight excluding hydrogens is 314 g/mol. The quantitative estimate of drug-likeness (QED) is 0.871. The number of benzene rings is 2. The predicted octanol–water partition coefficient (Wildman–Crippen LogP) is 3.77. The summed E-state index contributed by atoms with van der Waals surface area (Å²) in [6, 6.07) is 13.6. The van der Waals surface area contributed by atoms with Gasteiger partial charge in [-0.3, -0.25) is 4.79 Å². The molecular formula is C21H25NO3. The summed E-state index contributed by atoms with van der Waals surface area (Å²) >= 11 is 0. The molecule has 0 saturated heterocycles. The van der Waals surface area contributed by atoms with Gasteiger partial charge in [0.15, 0.2) is 0 Å². The van der Waals surface area contributed by atoms with Crippen LogP contribution in [0.5, 0.6) is 11.5 Å². The van der Waals surface area contributed by atoms with E-state index in [-0.39, 0.29) is 18.1 Å². The highest BCUT2D eigenvalue weighted by Gasteiger charge is 2.14. The van der Waals surface area contributed by atoms with Crippen LogP contribution >= 0.6 is 0 Å². The Morgan fingerprint density at radius 1 is 1.16 bits per heavy atom. The zero-order valence-corrected chi connectivity index (χ0v) is 15.0. The Bertz CT molecular complexity index is 737. The number of amides is 1. The fraction of sp³-hybridized carbons (Fsp3) is 0.381. The first-order valence-electron chi connectivity index (χ1n) is 8.83. The summed E-state index contributed by atoms with van der Waals surface area (Å²) in [4.78, 5) is 12.4. The van der Waals surface area contributed by atoms with Crippen molar-refractivity contribution >= 4 is 5.91 Å². The second-order valence-corrected chi connectivity index (χ2v) is 6.81. The van der Waals surface area contributed by atoms with E-state index in [0.717, 1.165) is 30.9 Å². The van der Waals surface area contributed by atoms with Crippen molar-refractivity contribution in [1.29, 1.82) is 0 Å². The third-order valence-electron chi connectivity index (χ3n) is 4.16. The Hall–Kier alpha value is -2.49. The van der Waals surface area contributed by atoms with Gasteiger partial charge in [0.05, 0.1) is 12.7 Å². The van der Waals surface area contributed by atoms with Crippen LogP contribution in [0, 0.1) is 0 Å². The van der Waals surface area contributed by atoms with E-state index in [1.807, 2.05) is 39.0 Å². The Balaban J connectivity index is 1.57. The number of carbonyl (C=O) groups excluding carboxylic acids is 1. The second-order valence-electron chi connectivity index (χ2n) is 6.81. The molecule has 0 aromatic heterocycles. The van der Waals surface area contributed by atoms with Crippen molar-refractivity contribution in [2.24, 2.45) is 0 Å². The van der Waals surface area contributed by atoms with E-state index in [9.17, 15) is 4.79 Å². The molecule has 0 aliphatic carbocycles. The number of hydrogen-bond donors (Lipinski definition) is 1. The van der Waals surface area contributed by atoms with E-state index in [1.54, 1.807) is 12.1 Å². The lowest BCUT2D eigenvalue weighted by molar-refractivity contribution is 0.0940. The highest BCUT2D eigenvalue weighted by molar-refractivity contribution is 5.94. The number of hydrogen-bond acceptors (Lipinski definition) is 3. The minimum atomic E-state index is -0.0620. The highest BCUT2D eigenvalue weighted by Crippen LogP contribution is 2.26. The third-order valence-corrected chi connectivity index (χ3v) is 4.16. The maximum atomic E-state index is 12.4. The molecule has 1 N–H and O–H groups in total. The fourth-order valence-electron chi connectivity index (χ4n) is 3.04. The maximum absolute atomic E-state index is 12.4. The van der Waals surface area contributed by atoms with Gasteiger partial charge in [-0.1, -0.05) is 12.1 Å². The molecule has 1 aliphatic rings. The summed E-state index contributed by atoms with van der Waals surface area (Å²) < 4.78 is 11.1. The van der Waals surface area contributed by atoms with Crippen molar-refractivity contribution in [1.82, 2.24) is 5.32 Å². The van der Waals surface area contributed by atoms with Gasteiger partial charge in [-0.25, -0.2) is 0 Å². The lowest BCUT2D eigenvalue weighted by Gasteiger charge is -2.15. The summed E-state index contributed by atoms with van der Waals surface area (Å²) in [5.74, 6) is 1.71. The number of nitrogens with one attached hydrogen (secondary N) is 1. The van der Waals surface area contributed by atoms with E-state index in [1.165, 1.54) is 11.1 Å². The van der Waals surface area contributed by atoms with Crippen molar-refractivity contribution in [3.8, 4) is 11.5 Å². The Morgan fingerprint density at radius 2 is 1.92 bits per heavy atom. The summed E-state index contributed by atoms with van der Waals surface area (Å²) in [5, 5.41) is 3.06. The van der Waals surface area contributed by atoms with Gasteiger partial charge in [0.2, 0.25) is 0 Å². The van der Waals surface area contributed by atoms with Crippen LogP contribution in [0.3, 0.4) is 0 Å². The molecule has 0 fully saturated rings. The topological polar surface area (TPSA) is 47.6 Å². The average Bonchev–Trinajstić information content (AvgIpc) is 3.02. The first kappa shape index (κ1) is 17.3. The lowest BCUT2D eigenvalue weighted by atomic mass is 10.0. The summed E-state index contributed by atoms with van der Waals surface area (Å²) in [6.07, 6.45) is 1.89. The van der Waals surface area contributed by atoms with Crippen LogP contribution in [0.2, 0.25) is 0 Å². The van der Waals surface area contributed by atoms with E-state index < -0.39 is 0 Å². The number of ether oxygens (including phenoxy) is 2. The molecule has 1 amide bonds. The molecule has 4 heteroatoms. The van der Waals surface area contributed by atoms with E-state index in [2.05, 4.69) is 17.4 Å². The molecule has 3 rings (SSSR count). The molecule has 1 atom stereocenters. The molecule has 25 heavy (non-hydrogen) atoms. The molecule has 1 aliphatic heterocycles. The zero-order valence-electron chi connectivity index (χ0n) is 15.0. The fourth-order valence-corrected chi connectivity index (χ4v) is 3.04. The number of rotatable bonds is 6. The first-order valence-corrected chi connectivity index (χ1v) is 8.83. The van der Waals surface area contributed by atoms with Crippen LogP contribution in [-0.2, 0) is 12.8 Å². The van der Waals surface area contributed by atoms with Crippen LogP contribution in [0.4, 0.5) is 0 Å². The van der Waals surface area contributed by atoms with Crippen molar-refractivity contribution in [2.75, 3.05) is 6.61 Å². The zero-order chi connectivity index (χ0) is 17.8. The maximum Gasteiger partial charge on any atom is 0.251 e. The minimum absolute atomic E-state index is 0.0551.